The van der Waals surface area contributed by atoms with Gasteiger partial charge < -0.3 is 5.73 Å². The van der Waals surface area contributed by atoms with Gasteiger partial charge in [0.05, 0.1) is 4.47 Å². The fourth-order valence-electron chi connectivity index (χ4n) is 1.89. The SMILES string of the molecule is CSc1ccc(C(N)Cc2ccc(F)c(Br)c2)cc1. The van der Waals surface area contributed by atoms with E-state index in [-0.39, 0.29) is 11.9 Å². The van der Waals surface area contributed by atoms with E-state index in [1.54, 1.807) is 23.9 Å². The summed E-state index contributed by atoms with van der Waals surface area (Å²) in [6.45, 7) is 0. The standard InChI is InChI=1S/C15H15BrFNS/c1-19-12-5-3-11(4-6-12)15(18)9-10-2-7-14(17)13(16)8-10/h2-8,15H,9,18H2,1H3. The molecule has 2 N–H and O–H groups in total. The number of halogens is 2. The molecule has 1 nitrogen and oxygen atoms in total. The van der Waals surface area contributed by atoms with Gasteiger partial charge in [0.2, 0.25) is 0 Å². The summed E-state index contributed by atoms with van der Waals surface area (Å²) in [6, 6.07) is 13.2. The zero-order chi connectivity index (χ0) is 13.8. The van der Waals surface area contributed by atoms with Gasteiger partial charge in [-0.25, -0.2) is 4.39 Å². The summed E-state index contributed by atoms with van der Waals surface area (Å²) in [5.41, 5.74) is 8.31. The summed E-state index contributed by atoms with van der Waals surface area (Å²) in [4.78, 5) is 1.22. The zero-order valence-electron chi connectivity index (χ0n) is 10.6. The minimum Gasteiger partial charge on any atom is -0.324 e. The molecule has 0 aliphatic heterocycles. The van der Waals surface area contributed by atoms with Gasteiger partial charge in [-0.3, -0.25) is 0 Å². The smallest absolute Gasteiger partial charge is 0.137 e. The maximum Gasteiger partial charge on any atom is 0.137 e. The predicted octanol–water partition coefficient (Wildman–Crippen LogP) is 4.55. The van der Waals surface area contributed by atoms with E-state index < -0.39 is 0 Å². The molecule has 2 rings (SSSR count). The summed E-state index contributed by atoms with van der Waals surface area (Å²) in [5, 5.41) is 0. The Morgan fingerprint density at radius 3 is 2.47 bits per heavy atom. The highest BCUT2D eigenvalue weighted by molar-refractivity contribution is 9.10. The molecule has 0 aliphatic carbocycles. The van der Waals surface area contributed by atoms with Crippen molar-refractivity contribution in [2.45, 2.75) is 17.4 Å². The number of nitrogens with two attached hydrogens (primary N) is 1. The van der Waals surface area contributed by atoms with Crippen LogP contribution in [-0.4, -0.2) is 6.26 Å². The van der Waals surface area contributed by atoms with Crippen molar-refractivity contribution in [1.29, 1.82) is 0 Å². The molecule has 0 bridgehead atoms. The Hall–Kier alpha value is -0.840. The van der Waals surface area contributed by atoms with E-state index in [0.717, 1.165) is 11.1 Å². The molecule has 2 aromatic carbocycles. The van der Waals surface area contributed by atoms with Gasteiger partial charge >= 0.3 is 0 Å². The Labute approximate surface area is 125 Å². The molecule has 0 saturated heterocycles. The minimum absolute atomic E-state index is 0.0757. The van der Waals surface area contributed by atoms with Crippen LogP contribution in [0.2, 0.25) is 0 Å². The number of thioether (sulfide) groups is 1. The third-order valence-electron chi connectivity index (χ3n) is 2.98. The lowest BCUT2D eigenvalue weighted by Crippen LogP contribution is -2.13. The fourth-order valence-corrected chi connectivity index (χ4v) is 2.72. The highest BCUT2D eigenvalue weighted by Gasteiger charge is 2.08. The minimum atomic E-state index is -0.248. The molecule has 1 atom stereocenters. The van der Waals surface area contributed by atoms with E-state index >= 15 is 0 Å². The first-order valence-electron chi connectivity index (χ1n) is 5.93. The topological polar surface area (TPSA) is 26.0 Å². The molecule has 0 heterocycles. The maximum atomic E-state index is 13.2. The van der Waals surface area contributed by atoms with Crippen LogP contribution in [0.15, 0.2) is 51.8 Å². The van der Waals surface area contributed by atoms with Crippen molar-refractivity contribution in [1.82, 2.24) is 0 Å². The quantitative estimate of drug-likeness (QED) is 0.826. The first kappa shape index (κ1) is 14.6. The monoisotopic (exact) mass is 339 g/mol. The Kier molecular flexibility index (Phi) is 5.02. The van der Waals surface area contributed by atoms with Gasteiger partial charge in [0.25, 0.3) is 0 Å². The van der Waals surface area contributed by atoms with Crippen LogP contribution >= 0.6 is 27.7 Å². The van der Waals surface area contributed by atoms with E-state index in [4.69, 9.17) is 5.73 Å². The molecule has 0 radical (unpaired) electrons. The molecular formula is C15H15BrFNS. The van der Waals surface area contributed by atoms with Crippen molar-refractivity contribution in [3.8, 4) is 0 Å². The number of rotatable bonds is 4. The summed E-state index contributed by atoms with van der Waals surface area (Å²) in [5.74, 6) is -0.248. The Bertz CT molecular complexity index is 557. The van der Waals surface area contributed by atoms with Crippen molar-refractivity contribution >= 4 is 27.7 Å². The zero-order valence-corrected chi connectivity index (χ0v) is 13.0. The third kappa shape index (κ3) is 3.81. The maximum absolute atomic E-state index is 13.2. The average Bonchev–Trinajstić information content (AvgIpc) is 2.43. The first-order valence-corrected chi connectivity index (χ1v) is 7.95. The average molecular weight is 340 g/mol. The van der Waals surface area contributed by atoms with E-state index in [2.05, 4.69) is 40.2 Å². The van der Waals surface area contributed by atoms with Crippen molar-refractivity contribution < 1.29 is 4.39 Å². The molecule has 0 aliphatic rings. The van der Waals surface area contributed by atoms with Crippen LogP contribution in [0.25, 0.3) is 0 Å². The van der Waals surface area contributed by atoms with Crippen LogP contribution in [0, 0.1) is 5.82 Å². The lowest BCUT2D eigenvalue weighted by atomic mass is 10.00. The Morgan fingerprint density at radius 1 is 1.21 bits per heavy atom. The van der Waals surface area contributed by atoms with Crippen LogP contribution in [-0.2, 0) is 6.42 Å². The van der Waals surface area contributed by atoms with Crippen molar-refractivity contribution in [2.75, 3.05) is 6.26 Å². The molecule has 2 aromatic rings. The third-order valence-corrected chi connectivity index (χ3v) is 4.33. The first-order chi connectivity index (χ1) is 9.10. The second kappa shape index (κ2) is 6.55. The van der Waals surface area contributed by atoms with Gasteiger partial charge in [-0.2, -0.15) is 0 Å². The molecular weight excluding hydrogens is 325 g/mol. The van der Waals surface area contributed by atoms with Crippen LogP contribution in [0.5, 0.6) is 0 Å². The van der Waals surface area contributed by atoms with Gasteiger partial charge in [-0.05, 0) is 64.0 Å². The molecule has 0 aromatic heterocycles. The van der Waals surface area contributed by atoms with E-state index in [1.807, 2.05) is 6.26 Å². The van der Waals surface area contributed by atoms with E-state index in [9.17, 15) is 4.39 Å². The van der Waals surface area contributed by atoms with Crippen molar-refractivity contribution in [2.24, 2.45) is 5.73 Å². The van der Waals surface area contributed by atoms with E-state index in [0.29, 0.717) is 10.9 Å². The van der Waals surface area contributed by atoms with Gasteiger partial charge in [0.15, 0.2) is 0 Å². The molecule has 4 heteroatoms. The summed E-state index contributed by atoms with van der Waals surface area (Å²) < 4.78 is 13.6. The molecule has 19 heavy (non-hydrogen) atoms. The molecule has 0 fully saturated rings. The fraction of sp³-hybridized carbons (Fsp3) is 0.200. The molecule has 0 spiro atoms. The second-order valence-corrected chi connectivity index (χ2v) is 6.07. The lowest BCUT2D eigenvalue weighted by molar-refractivity contribution is 0.618. The molecule has 100 valence electrons. The number of hydrogen-bond acceptors (Lipinski definition) is 2. The summed E-state index contributed by atoms with van der Waals surface area (Å²) in [6.07, 6.45) is 2.74. The van der Waals surface area contributed by atoms with Crippen molar-refractivity contribution in [3.05, 3.63) is 63.9 Å². The Balaban J connectivity index is 2.10. The van der Waals surface area contributed by atoms with Gasteiger partial charge in [0, 0.05) is 10.9 Å². The number of hydrogen-bond donors (Lipinski definition) is 1. The van der Waals surface area contributed by atoms with Crippen molar-refractivity contribution in [3.63, 3.8) is 0 Å². The highest BCUT2D eigenvalue weighted by Crippen LogP contribution is 2.23. The van der Waals surface area contributed by atoms with Crippen LogP contribution in [0.1, 0.15) is 17.2 Å². The molecule has 1 unspecified atom stereocenters. The lowest BCUT2D eigenvalue weighted by Gasteiger charge is -2.13. The van der Waals surface area contributed by atoms with Crippen LogP contribution < -0.4 is 5.73 Å². The predicted molar refractivity (Wildman–Crippen MR) is 83.0 cm³/mol. The summed E-state index contributed by atoms with van der Waals surface area (Å²) in [7, 11) is 0. The second-order valence-electron chi connectivity index (χ2n) is 4.33. The van der Waals surface area contributed by atoms with Gasteiger partial charge in [-0.1, -0.05) is 18.2 Å². The highest BCUT2D eigenvalue weighted by atomic mass is 79.9. The van der Waals surface area contributed by atoms with E-state index in [1.165, 1.54) is 11.0 Å². The number of benzene rings is 2. The Morgan fingerprint density at radius 2 is 1.89 bits per heavy atom. The van der Waals surface area contributed by atoms with Crippen LogP contribution in [0.3, 0.4) is 0 Å². The molecule has 0 saturated carbocycles. The van der Waals surface area contributed by atoms with Gasteiger partial charge in [-0.15, -0.1) is 11.8 Å². The largest absolute Gasteiger partial charge is 0.324 e. The summed E-state index contributed by atoms with van der Waals surface area (Å²) >= 11 is 4.90. The van der Waals surface area contributed by atoms with Gasteiger partial charge in [0.1, 0.15) is 5.82 Å². The van der Waals surface area contributed by atoms with Crippen LogP contribution in [0.4, 0.5) is 4.39 Å². The molecule has 0 amide bonds. The normalized spacial score (nSPS) is 12.4.